The summed E-state index contributed by atoms with van der Waals surface area (Å²) in [6, 6.07) is 20.2. The molecule has 2 N–H and O–H groups in total. The van der Waals surface area contributed by atoms with Gasteiger partial charge in [-0.1, -0.05) is 48.0 Å². The van der Waals surface area contributed by atoms with Crippen LogP contribution in [0.3, 0.4) is 0 Å². The van der Waals surface area contributed by atoms with Crippen molar-refractivity contribution in [2.75, 3.05) is 7.11 Å². The lowest BCUT2D eigenvalue weighted by molar-refractivity contribution is -0.127. The second kappa shape index (κ2) is 10.9. The molecule has 9 heteroatoms. The smallest absolute Gasteiger partial charge is 0.255 e. The Morgan fingerprint density at radius 2 is 1.74 bits per heavy atom. The van der Waals surface area contributed by atoms with Crippen LogP contribution < -0.4 is 20.1 Å². The highest BCUT2D eigenvalue weighted by atomic mass is 35.5. The SMILES string of the molecule is COc1ccc(Oc2ccc(CNC(=O)C3(NC(=O)c4cncnc4)CCc4ccccc43)cc2)c(Cl)c1. The van der Waals surface area contributed by atoms with Crippen molar-refractivity contribution >= 4 is 23.4 Å². The molecule has 8 nitrogen and oxygen atoms in total. The Balaban J connectivity index is 1.30. The molecule has 1 aromatic heterocycles. The third-order valence-corrected chi connectivity index (χ3v) is 6.82. The topological polar surface area (TPSA) is 102 Å². The van der Waals surface area contributed by atoms with Crippen molar-refractivity contribution in [3.05, 3.63) is 113 Å². The van der Waals surface area contributed by atoms with Gasteiger partial charge in [0.1, 0.15) is 29.1 Å². The van der Waals surface area contributed by atoms with Crippen LogP contribution in [0.1, 0.15) is 33.5 Å². The first-order chi connectivity index (χ1) is 18.5. The molecule has 0 saturated heterocycles. The normalized spacial score (nSPS) is 15.8. The lowest BCUT2D eigenvalue weighted by Gasteiger charge is -2.30. The fourth-order valence-electron chi connectivity index (χ4n) is 4.54. The molecule has 1 atom stereocenters. The maximum atomic E-state index is 13.7. The highest BCUT2D eigenvalue weighted by Gasteiger charge is 2.46. The molecule has 1 aliphatic carbocycles. The van der Waals surface area contributed by atoms with E-state index in [1.807, 2.05) is 36.4 Å². The first-order valence-corrected chi connectivity index (χ1v) is 12.4. The number of nitrogens with one attached hydrogen (secondary N) is 2. The van der Waals surface area contributed by atoms with E-state index in [9.17, 15) is 9.59 Å². The van der Waals surface area contributed by atoms with Crippen LogP contribution in [0.5, 0.6) is 17.2 Å². The van der Waals surface area contributed by atoms with Gasteiger partial charge in [-0.25, -0.2) is 9.97 Å². The number of carbonyl (C=O) groups excluding carboxylic acids is 2. The molecule has 192 valence electrons. The Bertz CT molecular complexity index is 1460. The second-order valence-corrected chi connectivity index (χ2v) is 9.28. The number of fused-ring (bicyclic) bond motifs is 1. The zero-order chi connectivity index (χ0) is 26.5. The van der Waals surface area contributed by atoms with Crippen molar-refractivity contribution < 1.29 is 19.1 Å². The van der Waals surface area contributed by atoms with Crippen molar-refractivity contribution in [3.63, 3.8) is 0 Å². The number of amides is 2. The zero-order valence-electron chi connectivity index (χ0n) is 20.6. The summed E-state index contributed by atoms with van der Waals surface area (Å²) in [5.41, 5.74) is 1.79. The number of carbonyl (C=O) groups is 2. The van der Waals surface area contributed by atoms with E-state index in [1.165, 1.54) is 18.7 Å². The van der Waals surface area contributed by atoms with E-state index in [0.29, 0.717) is 35.1 Å². The van der Waals surface area contributed by atoms with Gasteiger partial charge in [0.05, 0.1) is 17.7 Å². The van der Waals surface area contributed by atoms with Crippen molar-refractivity contribution in [3.8, 4) is 17.2 Å². The maximum Gasteiger partial charge on any atom is 0.255 e. The molecule has 0 aliphatic heterocycles. The van der Waals surface area contributed by atoms with Gasteiger partial charge in [0.2, 0.25) is 0 Å². The third-order valence-electron chi connectivity index (χ3n) is 6.53. The van der Waals surface area contributed by atoms with E-state index >= 15 is 0 Å². The van der Waals surface area contributed by atoms with E-state index in [-0.39, 0.29) is 18.0 Å². The van der Waals surface area contributed by atoms with Gasteiger partial charge in [-0.2, -0.15) is 0 Å². The van der Waals surface area contributed by atoms with Gasteiger partial charge in [0, 0.05) is 25.0 Å². The van der Waals surface area contributed by atoms with E-state index < -0.39 is 11.4 Å². The maximum absolute atomic E-state index is 13.7. The number of halogens is 1. The Morgan fingerprint density at radius 3 is 2.47 bits per heavy atom. The number of rotatable bonds is 8. The van der Waals surface area contributed by atoms with E-state index in [2.05, 4.69) is 20.6 Å². The number of hydrogen-bond acceptors (Lipinski definition) is 6. The van der Waals surface area contributed by atoms with Gasteiger partial charge in [0.15, 0.2) is 0 Å². The molecule has 5 rings (SSSR count). The molecular weight excluding hydrogens is 504 g/mol. The van der Waals surface area contributed by atoms with Crippen molar-refractivity contribution in [1.82, 2.24) is 20.6 Å². The van der Waals surface area contributed by atoms with Crippen molar-refractivity contribution in [2.24, 2.45) is 0 Å². The van der Waals surface area contributed by atoms with E-state index in [1.54, 1.807) is 37.4 Å². The second-order valence-electron chi connectivity index (χ2n) is 8.87. The fraction of sp³-hybridized carbons (Fsp3) is 0.172. The molecule has 0 bridgehead atoms. The van der Waals surface area contributed by atoms with Gasteiger partial charge < -0.3 is 20.1 Å². The van der Waals surface area contributed by atoms with Crippen LogP contribution in [-0.4, -0.2) is 28.9 Å². The number of nitrogens with zero attached hydrogens (tertiary/aromatic N) is 2. The molecule has 1 heterocycles. The minimum Gasteiger partial charge on any atom is -0.497 e. The van der Waals surface area contributed by atoms with Gasteiger partial charge in [-0.3, -0.25) is 9.59 Å². The molecule has 38 heavy (non-hydrogen) atoms. The minimum absolute atomic E-state index is 0.274. The fourth-order valence-corrected chi connectivity index (χ4v) is 4.75. The summed E-state index contributed by atoms with van der Waals surface area (Å²) in [6.45, 7) is 0.274. The van der Waals surface area contributed by atoms with Crippen LogP contribution in [0.4, 0.5) is 0 Å². The summed E-state index contributed by atoms with van der Waals surface area (Å²) in [5, 5.41) is 6.42. The molecule has 1 aliphatic rings. The standard InChI is InChI=1S/C29H25ClN4O4/c1-37-23-10-11-26(25(30)14-23)38-22-8-6-19(7-9-22)15-33-28(36)29(13-12-20-4-2-3-5-24(20)29)34-27(35)21-16-31-18-32-17-21/h2-11,14,16-18H,12-13,15H2,1H3,(H,33,36)(H,34,35). The average Bonchev–Trinajstić information content (AvgIpc) is 3.33. The summed E-state index contributed by atoms with van der Waals surface area (Å²) in [5.74, 6) is 1.07. The molecule has 4 aromatic rings. The summed E-state index contributed by atoms with van der Waals surface area (Å²) < 4.78 is 11.0. The predicted octanol–water partition coefficient (Wildman–Crippen LogP) is 4.82. The first-order valence-electron chi connectivity index (χ1n) is 12.0. The Labute approximate surface area is 225 Å². The van der Waals surface area contributed by atoms with Crippen molar-refractivity contribution in [1.29, 1.82) is 0 Å². The minimum atomic E-state index is -1.20. The number of hydrogen-bond donors (Lipinski definition) is 2. The first kappa shape index (κ1) is 25.2. The quantitative estimate of drug-likeness (QED) is 0.340. The lowest BCUT2D eigenvalue weighted by Crippen LogP contribution is -2.55. The number of aryl methyl sites for hydroxylation is 1. The molecular formula is C29H25ClN4O4. The Kier molecular flexibility index (Phi) is 7.24. The summed E-state index contributed by atoms with van der Waals surface area (Å²) >= 11 is 6.27. The van der Waals surface area contributed by atoms with Gasteiger partial charge in [-0.15, -0.1) is 0 Å². The average molecular weight is 529 g/mol. The van der Waals surface area contributed by atoms with Crippen LogP contribution in [0, 0.1) is 0 Å². The van der Waals surface area contributed by atoms with Gasteiger partial charge in [0.25, 0.3) is 11.8 Å². The van der Waals surface area contributed by atoms with Crippen LogP contribution in [-0.2, 0) is 23.3 Å². The zero-order valence-corrected chi connectivity index (χ0v) is 21.4. The Morgan fingerprint density at radius 1 is 1.00 bits per heavy atom. The van der Waals surface area contributed by atoms with Gasteiger partial charge in [-0.05, 0) is 53.8 Å². The summed E-state index contributed by atoms with van der Waals surface area (Å²) in [4.78, 5) is 34.5. The third kappa shape index (κ3) is 5.17. The Hall–Kier alpha value is -4.43. The molecule has 0 saturated carbocycles. The van der Waals surface area contributed by atoms with Crippen LogP contribution >= 0.6 is 11.6 Å². The molecule has 2 amide bonds. The monoisotopic (exact) mass is 528 g/mol. The van der Waals surface area contributed by atoms with Gasteiger partial charge >= 0.3 is 0 Å². The van der Waals surface area contributed by atoms with Crippen LogP contribution in [0.15, 0.2) is 85.5 Å². The molecule has 0 radical (unpaired) electrons. The lowest BCUT2D eigenvalue weighted by atomic mass is 9.90. The summed E-state index contributed by atoms with van der Waals surface area (Å²) in [7, 11) is 1.57. The largest absolute Gasteiger partial charge is 0.497 e. The van der Waals surface area contributed by atoms with Crippen LogP contribution in [0.2, 0.25) is 5.02 Å². The molecule has 1 unspecified atom stereocenters. The number of ether oxygens (including phenoxy) is 2. The number of methoxy groups -OCH3 is 1. The van der Waals surface area contributed by atoms with E-state index in [0.717, 1.165) is 16.7 Å². The van der Waals surface area contributed by atoms with E-state index in [4.69, 9.17) is 21.1 Å². The molecule has 0 fully saturated rings. The van der Waals surface area contributed by atoms with Crippen molar-refractivity contribution in [2.45, 2.75) is 24.9 Å². The highest BCUT2D eigenvalue weighted by molar-refractivity contribution is 6.32. The number of aromatic nitrogens is 2. The molecule has 0 spiro atoms. The highest BCUT2D eigenvalue weighted by Crippen LogP contribution is 2.38. The molecule has 3 aromatic carbocycles. The predicted molar refractivity (Wildman–Crippen MR) is 142 cm³/mol. The summed E-state index contributed by atoms with van der Waals surface area (Å²) in [6.07, 6.45) is 5.34. The van der Waals surface area contributed by atoms with Crippen LogP contribution in [0.25, 0.3) is 0 Å². The number of benzene rings is 3.